The van der Waals surface area contributed by atoms with Crippen LogP contribution in [-0.2, 0) is 13.0 Å². The molecule has 0 atom stereocenters. The lowest BCUT2D eigenvalue weighted by Crippen LogP contribution is -2.16. The van der Waals surface area contributed by atoms with Crippen LogP contribution >= 0.6 is 0 Å². The number of hydrogen-bond donors (Lipinski definition) is 2. The molecule has 2 N–H and O–H groups in total. The minimum Gasteiger partial charge on any atom is -0.491 e. The summed E-state index contributed by atoms with van der Waals surface area (Å²) in [6.45, 7) is 2.21. The summed E-state index contributed by atoms with van der Waals surface area (Å²) < 4.78 is 5.32. The quantitative estimate of drug-likeness (QED) is 0.724. The van der Waals surface area contributed by atoms with Crippen LogP contribution in [0.25, 0.3) is 0 Å². The van der Waals surface area contributed by atoms with Crippen molar-refractivity contribution in [2.24, 2.45) is 0 Å². The molecule has 0 aromatic heterocycles. The molecule has 0 fully saturated rings. The highest BCUT2D eigenvalue weighted by Gasteiger charge is 1.96. The third kappa shape index (κ3) is 5.03. The first kappa shape index (κ1) is 14.6. The molecule has 3 nitrogen and oxygen atoms in total. The summed E-state index contributed by atoms with van der Waals surface area (Å²) in [5.41, 5.74) is 2.59. The highest BCUT2D eigenvalue weighted by molar-refractivity contribution is 5.27. The Hall–Kier alpha value is -1.84. The van der Waals surface area contributed by atoms with E-state index in [0.29, 0.717) is 6.61 Å². The zero-order valence-electron chi connectivity index (χ0n) is 11.6. The van der Waals surface area contributed by atoms with Crippen LogP contribution in [0.2, 0.25) is 0 Å². The average molecular weight is 271 g/mol. The van der Waals surface area contributed by atoms with E-state index < -0.39 is 0 Å². The van der Waals surface area contributed by atoms with Gasteiger partial charge in [-0.1, -0.05) is 42.5 Å². The van der Waals surface area contributed by atoms with Crippen molar-refractivity contribution < 1.29 is 9.84 Å². The summed E-state index contributed by atoms with van der Waals surface area (Å²) in [5.74, 6) is 0.798. The second-order valence-electron chi connectivity index (χ2n) is 4.63. The average Bonchev–Trinajstić information content (AvgIpc) is 2.52. The Morgan fingerprint density at radius 3 is 2.35 bits per heavy atom. The molecule has 0 saturated carbocycles. The lowest BCUT2D eigenvalue weighted by Gasteiger charge is -2.07. The molecule has 0 aliphatic rings. The maximum absolute atomic E-state index is 8.68. The number of ether oxygens (including phenoxy) is 1. The molecular weight excluding hydrogens is 250 g/mol. The molecule has 106 valence electrons. The van der Waals surface area contributed by atoms with Gasteiger partial charge in [-0.3, -0.25) is 0 Å². The molecular formula is C17H21NO2. The molecule has 2 aromatic carbocycles. The van der Waals surface area contributed by atoms with Gasteiger partial charge in [0.1, 0.15) is 12.4 Å². The summed E-state index contributed by atoms with van der Waals surface area (Å²) in [6, 6.07) is 18.4. The van der Waals surface area contributed by atoms with Crippen molar-refractivity contribution in [1.82, 2.24) is 5.32 Å². The maximum atomic E-state index is 8.68. The Balaban J connectivity index is 1.69. The van der Waals surface area contributed by atoms with Crippen molar-refractivity contribution >= 4 is 0 Å². The van der Waals surface area contributed by atoms with E-state index in [2.05, 4.69) is 29.6 Å². The number of hydrogen-bond acceptors (Lipinski definition) is 3. The van der Waals surface area contributed by atoms with Crippen molar-refractivity contribution in [3.63, 3.8) is 0 Å². The first-order valence-corrected chi connectivity index (χ1v) is 6.96. The van der Waals surface area contributed by atoms with E-state index in [9.17, 15) is 0 Å². The Bertz CT molecular complexity index is 482. The van der Waals surface area contributed by atoms with Gasteiger partial charge in [-0.2, -0.15) is 0 Å². The Kier molecular flexibility index (Phi) is 6.08. The SMILES string of the molecule is OCCOc1ccc(CNCCc2ccccc2)cc1. The maximum Gasteiger partial charge on any atom is 0.119 e. The predicted molar refractivity (Wildman–Crippen MR) is 80.9 cm³/mol. The van der Waals surface area contributed by atoms with Crippen molar-refractivity contribution in [3.8, 4) is 5.75 Å². The first-order chi connectivity index (χ1) is 9.88. The summed E-state index contributed by atoms with van der Waals surface area (Å²) in [7, 11) is 0. The number of aliphatic hydroxyl groups excluding tert-OH is 1. The monoisotopic (exact) mass is 271 g/mol. The topological polar surface area (TPSA) is 41.5 Å². The fourth-order valence-corrected chi connectivity index (χ4v) is 1.98. The lowest BCUT2D eigenvalue weighted by molar-refractivity contribution is 0.201. The third-order valence-corrected chi connectivity index (χ3v) is 3.05. The third-order valence-electron chi connectivity index (χ3n) is 3.05. The molecule has 0 unspecified atom stereocenters. The van der Waals surface area contributed by atoms with Gasteiger partial charge in [0.2, 0.25) is 0 Å². The zero-order valence-corrected chi connectivity index (χ0v) is 11.6. The summed E-state index contributed by atoms with van der Waals surface area (Å²) in [6.07, 6.45) is 1.04. The second-order valence-corrected chi connectivity index (χ2v) is 4.63. The smallest absolute Gasteiger partial charge is 0.119 e. The van der Waals surface area contributed by atoms with Crippen molar-refractivity contribution in [2.45, 2.75) is 13.0 Å². The van der Waals surface area contributed by atoms with Gasteiger partial charge in [-0.15, -0.1) is 0 Å². The minimum atomic E-state index is 0.0444. The summed E-state index contributed by atoms with van der Waals surface area (Å²) >= 11 is 0. The highest BCUT2D eigenvalue weighted by Crippen LogP contribution is 2.11. The standard InChI is InChI=1S/C17H21NO2/c19-12-13-20-17-8-6-16(7-9-17)14-18-11-10-15-4-2-1-3-5-15/h1-9,18-19H,10-14H2. The van der Waals surface area contributed by atoms with E-state index in [1.807, 2.05) is 30.3 Å². The number of benzene rings is 2. The van der Waals surface area contributed by atoms with Crippen LogP contribution < -0.4 is 10.1 Å². The fraction of sp³-hybridized carbons (Fsp3) is 0.294. The predicted octanol–water partition coefficient (Wildman–Crippen LogP) is 2.39. The molecule has 0 amide bonds. The Labute approximate surface area is 120 Å². The van der Waals surface area contributed by atoms with Gasteiger partial charge < -0.3 is 15.2 Å². The molecule has 2 rings (SSSR count). The van der Waals surface area contributed by atoms with Gasteiger partial charge in [-0.05, 0) is 36.2 Å². The van der Waals surface area contributed by atoms with Crippen LogP contribution in [-0.4, -0.2) is 24.9 Å². The minimum absolute atomic E-state index is 0.0444. The summed E-state index contributed by atoms with van der Waals surface area (Å²) in [5, 5.41) is 12.1. The van der Waals surface area contributed by atoms with E-state index in [1.54, 1.807) is 0 Å². The van der Waals surface area contributed by atoms with E-state index >= 15 is 0 Å². The second kappa shape index (κ2) is 8.35. The highest BCUT2D eigenvalue weighted by atomic mass is 16.5. The van der Waals surface area contributed by atoms with E-state index in [-0.39, 0.29) is 6.61 Å². The zero-order chi connectivity index (χ0) is 14.0. The molecule has 0 heterocycles. The van der Waals surface area contributed by atoms with Crippen LogP contribution in [0.5, 0.6) is 5.75 Å². The molecule has 20 heavy (non-hydrogen) atoms. The van der Waals surface area contributed by atoms with E-state index in [1.165, 1.54) is 11.1 Å². The van der Waals surface area contributed by atoms with Crippen LogP contribution in [0.15, 0.2) is 54.6 Å². The normalized spacial score (nSPS) is 10.4. The first-order valence-electron chi connectivity index (χ1n) is 6.96. The van der Waals surface area contributed by atoms with Crippen LogP contribution in [0, 0.1) is 0 Å². The number of rotatable bonds is 8. The molecule has 0 aliphatic heterocycles. The van der Waals surface area contributed by atoms with Gasteiger partial charge in [-0.25, -0.2) is 0 Å². The molecule has 0 saturated heterocycles. The van der Waals surface area contributed by atoms with Gasteiger partial charge in [0.15, 0.2) is 0 Å². The van der Waals surface area contributed by atoms with Crippen LogP contribution in [0.1, 0.15) is 11.1 Å². The molecule has 2 aromatic rings. The number of nitrogens with one attached hydrogen (secondary N) is 1. The van der Waals surface area contributed by atoms with Gasteiger partial charge in [0.05, 0.1) is 6.61 Å². The van der Waals surface area contributed by atoms with Gasteiger partial charge in [0.25, 0.3) is 0 Å². The van der Waals surface area contributed by atoms with Gasteiger partial charge in [0, 0.05) is 6.54 Å². The summed E-state index contributed by atoms with van der Waals surface area (Å²) in [4.78, 5) is 0. The van der Waals surface area contributed by atoms with Crippen molar-refractivity contribution in [1.29, 1.82) is 0 Å². The number of aliphatic hydroxyl groups is 1. The van der Waals surface area contributed by atoms with Gasteiger partial charge >= 0.3 is 0 Å². The van der Waals surface area contributed by atoms with Crippen LogP contribution in [0.4, 0.5) is 0 Å². The Morgan fingerprint density at radius 2 is 1.65 bits per heavy atom. The molecule has 0 aliphatic carbocycles. The molecule has 0 bridgehead atoms. The molecule has 0 radical (unpaired) electrons. The Morgan fingerprint density at radius 1 is 0.900 bits per heavy atom. The van der Waals surface area contributed by atoms with E-state index in [4.69, 9.17) is 9.84 Å². The largest absolute Gasteiger partial charge is 0.491 e. The van der Waals surface area contributed by atoms with Crippen LogP contribution in [0.3, 0.4) is 0 Å². The lowest BCUT2D eigenvalue weighted by atomic mass is 10.1. The molecule has 3 heteroatoms. The molecule has 0 spiro atoms. The van der Waals surface area contributed by atoms with Crippen molar-refractivity contribution in [3.05, 3.63) is 65.7 Å². The van der Waals surface area contributed by atoms with Crippen molar-refractivity contribution in [2.75, 3.05) is 19.8 Å². The fourth-order valence-electron chi connectivity index (χ4n) is 1.98. The van der Waals surface area contributed by atoms with E-state index in [0.717, 1.165) is 25.3 Å².